The molecule has 2 rings (SSSR count). The molecule has 3 unspecified atom stereocenters. The predicted octanol–water partition coefficient (Wildman–Crippen LogP) is 2.53. The number of rotatable bonds is 4. The van der Waals surface area contributed by atoms with E-state index in [1.54, 1.807) is 0 Å². The molecular formula is C17H32N2O3. The van der Waals surface area contributed by atoms with Gasteiger partial charge in [0.25, 0.3) is 0 Å². The van der Waals surface area contributed by atoms with Crippen molar-refractivity contribution in [2.24, 2.45) is 5.92 Å². The number of amides is 1. The maximum atomic E-state index is 12.2. The molecular weight excluding hydrogens is 280 g/mol. The van der Waals surface area contributed by atoms with Crippen LogP contribution >= 0.6 is 0 Å². The van der Waals surface area contributed by atoms with Gasteiger partial charge in [-0.05, 0) is 65.3 Å². The Morgan fingerprint density at radius 1 is 1.23 bits per heavy atom. The first-order valence-electron chi connectivity index (χ1n) is 8.73. The molecule has 1 saturated heterocycles. The van der Waals surface area contributed by atoms with Crippen LogP contribution in [0.25, 0.3) is 0 Å². The van der Waals surface area contributed by atoms with Crippen molar-refractivity contribution in [2.75, 3.05) is 19.6 Å². The number of nitrogens with zero attached hydrogens (tertiary/aromatic N) is 1. The normalized spacial score (nSPS) is 29.6. The van der Waals surface area contributed by atoms with Crippen molar-refractivity contribution in [3.05, 3.63) is 0 Å². The first kappa shape index (κ1) is 17.5. The molecule has 0 bridgehead atoms. The Hall–Kier alpha value is -0.810. The third-order valence-electron chi connectivity index (χ3n) is 4.57. The Morgan fingerprint density at radius 2 is 2.00 bits per heavy atom. The number of ether oxygens (including phenoxy) is 1. The molecule has 1 aliphatic carbocycles. The van der Waals surface area contributed by atoms with Crippen LogP contribution in [0, 0.1) is 5.92 Å². The quantitative estimate of drug-likeness (QED) is 0.837. The molecule has 0 aromatic rings. The van der Waals surface area contributed by atoms with E-state index < -0.39 is 5.60 Å². The van der Waals surface area contributed by atoms with Gasteiger partial charge < -0.3 is 20.1 Å². The first-order chi connectivity index (χ1) is 10.3. The summed E-state index contributed by atoms with van der Waals surface area (Å²) >= 11 is 0. The van der Waals surface area contributed by atoms with Crippen molar-refractivity contribution in [1.82, 2.24) is 10.2 Å². The van der Waals surface area contributed by atoms with Crippen LogP contribution in [0.4, 0.5) is 4.79 Å². The third kappa shape index (κ3) is 5.43. The molecule has 22 heavy (non-hydrogen) atoms. The fourth-order valence-corrected chi connectivity index (χ4v) is 3.51. The van der Waals surface area contributed by atoms with E-state index >= 15 is 0 Å². The summed E-state index contributed by atoms with van der Waals surface area (Å²) in [5, 5.41) is 13.2. The minimum absolute atomic E-state index is 0.120. The van der Waals surface area contributed by atoms with Gasteiger partial charge in [0.05, 0.1) is 6.10 Å². The second kappa shape index (κ2) is 7.64. The Labute approximate surface area is 134 Å². The average Bonchev–Trinajstić information content (AvgIpc) is 2.85. The van der Waals surface area contributed by atoms with Crippen molar-refractivity contribution >= 4 is 6.09 Å². The van der Waals surface area contributed by atoms with Gasteiger partial charge in [-0.15, -0.1) is 0 Å². The number of aliphatic hydroxyl groups excluding tert-OH is 1. The first-order valence-corrected chi connectivity index (χ1v) is 8.73. The van der Waals surface area contributed by atoms with E-state index in [2.05, 4.69) is 5.32 Å². The molecule has 0 aromatic heterocycles. The lowest BCUT2D eigenvalue weighted by Crippen LogP contribution is -2.45. The fraction of sp³-hybridized carbons (Fsp3) is 0.941. The van der Waals surface area contributed by atoms with Gasteiger partial charge in [0.2, 0.25) is 0 Å². The molecule has 0 radical (unpaired) electrons. The molecule has 1 saturated carbocycles. The zero-order valence-electron chi connectivity index (χ0n) is 14.3. The van der Waals surface area contributed by atoms with Crippen molar-refractivity contribution in [3.63, 3.8) is 0 Å². The topological polar surface area (TPSA) is 61.8 Å². The van der Waals surface area contributed by atoms with Crippen molar-refractivity contribution in [2.45, 2.75) is 77.0 Å². The molecule has 5 heteroatoms. The van der Waals surface area contributed by atoms with Gasteiger partial charge in [0.1, 0.15) is 5.60 Å². The highest BCUT2D eigenvalue weighted by molar-refractivity contribution is 5.69. The number of likely N-dealkylation sites (tertiary alicyclic amines) is 1. The molecule has 2 aliphatic rings. The summed E-state index contributed by atoms with van der Waals surface area (Å²) in [7, 11) is 0. The van der Waals surface area contributed by atoms with Gasteiger partial charge in [0.15, 0.2) is 0 Å². The number of carbonyl (C=O) groups excluding carboxylic acids is 1. The summed E-state index contributed by atoms with van der Waals surface area (Å²) in [6.07, 6.45) is 5.97. The number of carbonyl (C=O) groups is 1. The summed E-state index contributed by atoms with van der Waals surface area (Å²) < 4.78 is 5.49. The summed E-state index contributed by atoms with van der Waals surface area (Å²) in [6, 6.07) is 0.239. The molecule has 2 N–H and O–H groups in total. The standard InChI is InChI=1S/C17H32N2O3/c1-17(2,3)22-16(21)19-9-5-7-14(19)12-18-11-13-6-4-8-15(20)10-13/h13-15,18,20H,4-12H2,1-3H3. The molecule has 5 nitrogen and oxygen atoms in total. The minimum Gasteiger partial charge on any atom is -0.444 e. The highest BCUT2D eigenvalue weighted by Crippen LogP contribution is 2.24. The van der Waals surface area contributed by atoms with Crippen LogP contribution in [0.3, 0.4) is 0 Å². The van der Waals surface area contributed by atoms with Crippen LogP contribution in [0.5, 0.6) is 0 Å². The Kier molecular flexibility index (Phi) is 6.09. The monoisotopic (exact) mass is 312 g/mol. The van der Waals surface area contributed by atoms with E-state index in [-0.39, 0.29) is 18.2 Å². The van der Waals surface area contributed by atoms with Crippen LogP contribution in [-0.4, -0.2) is 53.5 Å². The van der Waals surface area contributed by atoms with Crippen LogP contribution < -0.4 is 5.32 Å². The predicted molar refractivity (Wildman–Crippen MR) is 86.8 cm³/mol. The summed E-state index contributed by atoms with van der Waals surface area (Å²) in [6.45, 7) is 8.28. The van der Waals surface area contributed by atoms with Crippen molar-refractivity contribution in [3.8, 4) is 0 Å². The molecule has 1 aliphatic heterocycles. The average molecular weight is 312 g/mol. The molecule has 1 heterocycles. The molecule has 128 valence electrons. The van der Waals surface area contributed by atoms with Gasteiger partial charge in [0, 0.05) is 19.1 Å². The summed E-state index contributed by atoms with van der Waals surface area (Å²) in [5.41, 5.74) is -0.435. The Morgan fingerprint density at radius 3 is 2.68 bits per heavy atom. The molecule has 0 aromatic carbocycles. The summed E-state index contributed by atoms with van der Waals surface area (Å²) in [5.74, 6) is 0.570. The maximum absolute atomic E-state index is 12.2. The van der Waals surface area contributed by atoms with Gasteiger partial charge in [-0.3, -0.25) is 0 Å². The van der Waals surface area contributed by atoms with Crippen molar-refractivity contribution in [1.29, 1.82) is 0 Å². The van der Waals surface area contributed by atoms with Crippen LogP contribution in [-0.2, 0) is 4.74 Å². The highest BCUT2D eigenvalue weighted by Gasteiger charge is 2.32. The van der Waals surface area contributed by atoms with Gasteiger partial charge in [-0.2, -0.15) is 0 Å². The largest absolute Gasteiger partial charge is 0.444 e. The van der Waals surface area contributed by atoms with Gasteiger partial charge >= 0.3 is 6.09 Å². The lowest BCUT2D eigenvalue weighted by atomic mass is 9.87. The van der Waals surface area contributed by atoms with Crippen LogP contribution in [0.15, 0.2) is 0 Å². The highest BCUT2D eigenvalue weighted by atomic mass is 16.6. The zero-order valence-corrected chi connectivity index (χ0v) is 14.3. The number of hydrogen-bond donors (Lipinski definition) is 2. The lowest BCUT2D eigenvalue weighted by Gasteiger charge is -2.30. The van der Waals surface area contributed by atoms with Gasteiger partial charge in [-0.25, -0.2) is 4.79 Å². The number of nitrogens with one attached hydrogen (secondary N) is 1. The second-order valence-electron chi connectivity index (χ2n) is 7.81. The number of hydrogen-bond acceptors (Lipinski definition) is 4. The van der Waals surface area contributed by atoms with E-state index in [1.807, 2.05) is 25.7 Å². The molecule has 0 spiro atoms. The SMILES string of the molecule is CC(C)(C)OC(=O)N1CCCC1CNCC1CCCC(O)C1. The Bertz CT molecular complexity index is 367. The lowest BCUT2D eigenvalue weighted by molar-refractivity contribution is 0.0225. The zero-order chi connectivity index (χ0) is 16.2. The Balaban J connectivity index is 1.73. The van der Waals surface area contributed by atoms with E-state index in [1.165, 1.54) is 6.42 Å². The maximum Gasteiger partial charge on any atom is 0.410 e. The van der Waals surface area contributed by atoms with E-state index in [0.717, 1.165) is 51.7 Å². The van der Waals surface area contributed by atoms with E-state index in [9.17, 15) is 9.90 Å². The van der Waals surface area contributed by atoms with Crippen molar-refractivity contribution < 1.29 is 14.6 Å². The van der Waals surface area contributed by atoms with E-state index in [4.69, 9.17) is 4.74 Å². The fourth-order valence-electron chi connectivity index (χ4n) is 3.51. The number of aliphatic hydroxyl groups is 1. The second-order valence-corrected chi connectivity index (χ2v) is 7.81. The van der Waals surface area contributed by atoms with Crippen LogP contribution in [0.1, 0.15) is 59.3 Å². The van der Waals surface area contributed by atoms with Crippen LogP contribution in [0.2, 0.25) is 0 Å². The molecule has 2 fully saturated rings. The van der Waals surface area contributed by atoms with E-state index in [0.29, 0.717) is 5.92 Å². The summed E-state index contributed by atoms with van der Waals surface area (Å²) in [4.78, 5) is 14.1. The smallest absolute Gasteiger partial charge is 0.410 e. The van der Waals surface area contributed by atoms with Gasteiger partial charge in [-0.1, -0.05) is 6.42 Å². The molecule has 1 amide bonds. The molecule has 3 atom stereocenters. The minimum atomic E-state index is -0.435. The third-order valence-corrected chi connectivity index (χ3v) is 4.57.